The van der Waals surface area contributed by atoms with Crippen LogP contribution in [0.15, 0.2) is 54.6 Å². The lowest BCUT2D eigenvalue weighted by Crippen LogP contribution is -2.43. The monoisotopic (exact) mass is 599 g/mol. The molecule has 1 aliphatic carbocycles. The van der Waals surface area contributed by atoms with Gasteiger partial charge in [-0.1, -0.05) is 37.1 Å². The Hall–Kier alpha value is -4.47. The third kappa shape index (κ3) is 7.35. The van der Waals surface area contributed by atoms with Crippen molar-refractivity contribution in [3.05, 3.63) is 71.7 Å². The first kappa shape index (κ1) is 31.0. The molecule has 0 bridgehead atoms. The smallest absolute Gasteiger partial charge is 0.412 e. The van der Waals surface area contributed by atoms with Crippen LogP contribution in [0.4, 0.5) is 16.3 Å². The van der Waals surface area contributed by atoms with Crippen LogP contribution in [0, 0.1) is 12.8 Å². The number of carbonyl (C=O) groups excluding carboxylic acids is 3. The number of methoxy groups -OCH3 is 1. The van der Waals surface area contributed by atoms with Gasteiger partial charge in [0.25, 0.3) is 5.91 Å². The molecular formula is C34H41N5O5. The quantitative estimate of drug-likeness (QED) is 0.315. The highest BCUT2D eigenvalue weighted by Gasteiger charge is 2.46. The van der Waals surface area contributed by atoms with Gasteiger partial charge in [-0.25, -0.2) is 19.6 Å². The molecule has 1 aliphatic heterocycles. The highest BCUT2D eigenvalue weighted by atomic mass is 16.6. The van der Waals surface area contributed by atoms with Crippen molar-refractivity contribution < 1.29 is 23.9 Å². The van der Waals surface area contributed by atoms with Crippen LogP contribution >= 0.6 is 0 Å². The molecule has 5 rings (SSSR count). The van der Waals surface area contributed by atoms with E-state index in [9.17, 15) is 14.4 Å². The lowest BCUT2D eigenvalue weighted by atomic mass is 9.85. The van der Waals surface area contributed by atoms with E-state index in [2.05, 4.69) is 20.5 Å². The Morgan fingerprint density at radius 2 is 1.61 bits per heavy atom. The zero-order chi connectivity index (χ0) is 31.4. The number of carbonyl (C=O) groups is 3. The van der Waals surface area contributed by atoms with Crippen LogP contribution < -0.4 is 15.5 Å². The molecule has 1 aromatic heterocycles. The van der Waals surface area contributed by atoms with Crippen LogP contribution in [0.1, 0.15) is 74.8 Å². The van der Waals surface area contributed by atoms with E-state index in [0.29, 0.717) is 34.5 Å². The summed E-state index contributed by atoms with van der Waals surface area (Å²) in [6.07, 6.45) is 4.72. The second kappa shape index (κ2) is 13.0. The molecule has 0 spiro atoms. The molecule has 10 heteroatoms. The molecule has 3 atom stereocenters. The first-order chi connectivity index (χ1) is 21.0. The minimum atomic E-state index is -0.573. The van der Waals surface area contributed by atoms with E-state index in [-0.39, 0.29) is 30.5 Å². The van der Waals surface area contributed by atoms with Crippen molar-refractivity contribution in [2.45, 2.75) is 84.0 Å². The summed E-state index contributed by atoms with van der Waals surface area (Å²) in [5, 5.41) is 5.70. The number of amides is 2. The predicted octanol–water partition coefficient (Wildman–Crippen LogP) is 6.04. The lowest BCUT2D eigenvalue weighted by molar-refractivity contribution is -0.142. The van der Waals surface area contributed by atoms with E-state index >= 15 is 0 Å². The van der Waals surface area contributed by atoms with Crippen molar-refractivity contribution in [2.75, 3.05) is 17.3 Å². The molecule has 44 heavy (non-hydrogen) atoms. The Morgan fingerprint density at radius 3 is 2.27 bits per heavy atom. The summed E-state index contributed by atoms with van der Waals surface area (Å²) in [7, 11) is 1.43. The fraction of sp³-hybridized carbons (Fsp3) is 0.441. The van der Waals surface area contributed by atoms with Crippen LogP contribution in [-0.4, -0.2) is 52.7 Å². The normalized spacial score (nSPS) is 19.6. The van der Waals surface area contributed by atoms with Gasteiger partial charge in [0.05, 0.1) is 19.3 Å². The Bertz CT molecular complexity index is 1500. The minimum Gasteiger partial charge on any atom is -0.467 e. The SMILES string of the molecule is COC(=O)[C@@H]1C[C@@H]2CCCC[C@@H]2N1c1cc(CNC(=O)c2ccc(-c3ccc(NC(=O)OC(C)(C)C)cc3)cc2)nc(C)n1. The topological polar surface area (TPSA) is 123 Å². The van der Waals surface area contributed by atoms with Gasteiger partial charge < -0.3 is 19.7 Å². The zero-order valence-corrected chi connectivity index (χ0v) is 26.1. The molecule has 2 aliphatic rings. The summed E-state index contributed by atoms with van der Waals surface area (Å²) in [6.45, 7) is 7.50. The van der Waals surface area contributed by atoms with E-state index < -0.39 is 11.7 Å². The summed E-state index contributed by atoms with van der Waals surface area (Å²) in [5.74, 6) is 1.30. The largest absolute Gasteiger partial charge is 0.467 e. The van der Waals surface area contributed by atoms with Gasteiger partial charge in [0.2, 0.25) is 0 Å². The van der Waals surface area contributed by atoms with Gasteiger partial charge in [-0.05, 0) is 88.3 Å². The number of fused-ring (bicyclic) bond motifs is 1. The number of rotatable bonds is 7. The highest BCUT2D eigenvalue weighted by molar-refractivity contribution is 5.94. The van der Waals surface area contributed by atoms with Crippen LogP contribution in [0.25, 0.3) is 11.1 Å². The lowest BCUT2D eigenvalue weighted by Gasteiger charge is -2.34. The van der Waals surface area contributed by atoms with Crippen molar-refractivity contribution in [1.82, 2.24) is 15.3 Å². The average Bonchev–Trinajstić information content (AvgIpc) is 3.38. The maximum Gasteiger partial charge on any atom is 0.412 e. The molecule has 2 amide bonds. The first-order valence-corrected chi connectivity index (χ1v) is 15.2. The van der Waals surface area contributed by atoms with Gasteiger partial charge in [-0.3, -0.25) is 10.1 Å². The molecule has 2 fully saturated rings. The summed E-state index contributed by atoms with van der Waals surface area (Å²) in [5.41, 5.74) is 3.15. The summed E-state index contributed by atoms with van der Waals surface area (Å²) < 4.78 is 10.4. The van der Waals surface area contributed by atoms with Crippen molar-refractivity contribution in [2.24, 2.45) is 5.92 Å². The summed E-state index contributed by atoms with van der Waals surface area (Å²) in [6, 6.07) is 16.5. The molecular weight excluding hydrogens is 558 g/mol. The Morgan fingerprint density at radius 1 is 0.955 bits per heavy atom. The van der Waals surface area contributed by atoms with Crippen molar-refractivity contribution in [1.29, 1.82) is 0 Å². The average molecular weight is 600 g/mol. The molecule has 232 valence electrons. The number of aryl methyl sites for hydroxylation is 1. The van der Waals surface area contributed by atoms with Gasteiger partial charge in [0.1, 0.15) is 23.3 Å². The minimum absolute atomic E-state index is 0.216. The second-order valence-electron chi connectivity index (χ2n) is 12.5. The molecule has 2 aromatic carbocycles. The Kier molecular flexibility index (Phi) is 9.17. The number of aromatic nitrogens is 2. The second-order valence-corrected chi connectivity index (χ2v) is 12.5. The highest BCUT2D eigenvalue weighted by Crippen LogP contribution is 2.42. The Balaban J connectivity index is 1.22. The van der Waals surface area contributed by atoms with E-state index in [1.54, 1.807) is 12.1 Å². The van der Waals surface area contributed by atoms with E-state index in [0.717, 1.165) is 36.8 Å². The molecule has 0 radical (unpaired) electrons. The van der Waals surface area contributed by atoms with E-state index in [1.807, 2.05) is 70.2 Å². The van der Waals surface area contributed by atoms with E-state index in [4.69, 9.17) is 14.5 Å². The van der Waals surface area contributed by atoms with Gasteiger partial charge in [-0.2, -0.15) is 0 Å². The van der Waals surface area contributed by atoms with Crippen LogP contribution in [-0.2, 0) is 20.8 Å². The molecule has 2 N–H and O–H groups in total. The third-order valence-corrected chi connectivity index (χ3v) is 8.14. The number of ether oxygens (including phenoxy) is 2. The van der Waals surface area contributed by atoms with Crippen LogP contribution in [0.5, 0.6) is 0 Å². The summed E-state index contributed by atoms with van der Waals surface area (Å²) in [4.78, 5) is 49.2. The third-order valence-electron chi connectivity index (χ3n) is 8.14. The number of nitrogens with one attached hydrogen (secondary N) is 2. The molecule has 10 nitrogen and oxygen atoms in total. The van der Waals surface area contributed by atoms with Crippen LogP contribution in [0.3, 0.4) is 0 Å². The first-order valence-electron chi connectivity index (χ1n) is 15.2. The van der Waals surface area contributed by atoms with Crippen LogP contribution in [0.2, 0.25) is 0 Å². The van der Waals surface area contributed by atoms with Gasteiger partial charge in [0.15, 0.2) is 0 Å². The van der Waals surface area contributed by atoms with Gasteiger partial charge >= 0.3 is 12.1 Å². The number of hydrogen-bond acceptors (Lipinski definition) is 8. The molecule has 1 saturated heterocycles. The van der Waals surface area contributed by atoms with Crippen molar-refractivity contribution in [3.63, 3.8) is 0 Å². The van der Waals surface area contributed by atoms with Crippen molar-refractivity contribution in [3.8, 4) is 11.1 Å². The summed E-state index contributed by atoms with van der Waals surface area (Å²) >= 11 is 0. The van der Waals surface area contributed by atoms with Crippen molar-refractivity contribution >= 4 is 29.5 Å². The van der Waals surface area contributed by atoms with Gasteiger partial charge in [-0.15, -0.1) is 0 Å². The Labute approximate surface area is 258 Å². The molecule has 1 saturated carbocycles. The number of benzene rings is 2. The van der Waals surface area contributed by atoms with E-state index in [1.165, 1.54) is 13.5 Å². The molecule has 3 aromatic rings. The standard InChI is InChI=1S/C34H41N5O5/c1-21-36-27(19-30(37-21)39-28-9-7-6-8-25(28)18-29(39)32(41)43-5)20-35-31(40)24-12-10-22(11-13-24)23-14-16-26(17-15-23)38-33(42)44-34(2,3)4/h10-17,19,25,28-29H,6-9,18,20H2,1-5H3,(H,35,40)(H,38,42)/t25-,28-,29-/m0/s1. The zero-order valence-electron chi connectivity index (χ0n) is 26.1. The number of esters is 1. The number of hydrogen-bond donors (Lipinski definition) is 2. The number of nitrogens with zero attached hydrogens (tertiary/aromatic N) is 3. The molecule has 2 heterocycles. The van der Waals surface area contributed by atoms with Gasteiger partial charge in [0, 0.05) is 23.4 Å². The number of anilines is 2. The maximum absolute atomic E-state index is 13.0. The fourth-order valence-electron chi connectivity index (χ4n) is 6.23. The predicted molar refractivity (Wildman–Crippen MR) is 168 cm³/mol. The maximum atomic E-state index is 13.0. The molecule has 0 unspecified atom stereocenters. The fourth-order valence-corrected chi connectivity index (χ4v) is 6.23.